The summed E-state index contributed by atoms with van der Waals surface area (Å²) >= 11 is 0. The Morgan fingerprint density at radius 2 is 2.20 bits per heavy atom. The molecule has 1 aromatic carbocycles. The standard InChI is InChI=1S/C14H17N3O3/c1-7(15)6-20-10-5-3-4-9-12(10)13(16)11(14(18)19)8(2)17-9/h3-5,7H,6,15H2,1-2H3,(H2,16,17)(H,18,19)/t7-/m0/s1. The van der Waals surface area contributed by atoms with E-state index < -0.39 is 5.97 Å². The fourth-order valence-corrected chi connectivity index (χ4v) is 2.05. The van der Waals surface area contributed by atoms with Crippen LogP contribution in [0, 0.1) is 6.92 Å². The van der Waals surface area contributed by atoms with Gasteiger partial charge in [0, 0.05) is 6.04 Å². The van der Waals surface area contributed by atoms with Crippen LogP contribution >= 0.6 is 0 Å². The molecule has 0 saturated carbocycles. The summed E-state index contributed by atoms with van der Waals surface area (Å²) in [6.07, 6.45) is 0. The Morgan fingerprint density at radius 1 is 1.50 bits per heavy atom. The molecule has 1 atom stereocenters. The smallest absolute Gasteiger partial charge is 0.339 e. The molecule has 1 heterocycles. The van der Waals surface area contributed by atoms with Crippen molar-refractivity contribution in [2.45, 2.75) is 19.9 Å². The second kappa shape index (κ2) is 5.34. The van der Waals surface area contributed by atoms with Gasteiger partial charge >= 0.3 is 5.97 Å². The third-order valence-corrected chi connectivity index (χ3v) is 2.91. The van der Waals surface area contributed by atoms with Crippen LogP contribution in [0.2, 0.25) is 0 Å². The lowest BCUT2D eigenvalue weighted by atomic mass is 10.1. The molecule has 0 bridgehead atoms. The van der Waals surface area contributed by atoms with E-state index in [1.165, 1.54) is 0 Å². The maximum Gasteiger partial charge on any atom is 0.339 e. The second-order valence-corrected chi connectivity index (χ2v) is 4.73. The molecule has 0 saturated heterocycles. The molecule has 0 aliphatic carbocycles. The number of aromatic carboxylic acids is 1. The summed E-state index contributed by atoms with van der Waals surface area (Å²) in [5, 5.41) is 9.74. The van der Waals surface area contributed by atoms with Crippen LogP contribution in [-0.2, 0) is 0 Å². The Kier molecular flexibility index (Phi) is 3.76. The maximum absolute atomic E-state index is 11.3. The third-order valence-electron chi connectivity index (χ3n) is 2.91. The molecule has 0 unspecified atom stereocenters. The van der Waals surface area contributed by atoms with E-state index in [0.29, 0.717) is 29.0 Å². The number of aryl methyl sites for hydroxylation is 1. The number of carboxylic acids is 1. The number of anilines is 1. The van der Waals surface area contributed by atoms with Gasteiger partial charge in [0.15, 0.2) is 0 Å². The summed E-state index contributed by atoms with van der Waals surface area (Å²) in [5.41, 5.74) is 12.8. The van der Waals surface area contributed by atoms with Crippen LogP contribution in [0.15, 0.2) is 18.2 Å². The van der Waals surface area contributed by atoms with Gasteiger partial charge in [-0.1, -0.05) is 6.07 Å². The molecule has 0 amide bonds. The number of pyridine rings is 1. The maximum atomic E-state index is 11.3. The first-order chi connectivity index (χ1) is 9.41. The number of rotatable bonds is 4. The molecule has 106 valence electrons. The number of hydrogen-bond donors (Lipinski definition) is 3. The molecular weight excluding hydrogens is 258 g/mol. The highest BCUT2D eigenvalue weighted by molar-refractivity contribution is 6.06. The van der Waals surface area contributed by atoms with Crippen LogP contribution in [-0.4, -0.2) is 28.7 Å². The van der Waals surface area contributed by atoms with Gasteiger partial charge in [-0.3, -0.25) is 4.98 Å². The Labute approximate surface area is 116 Å². The molecule has 0 aliphatic rings. The minimum atomic E-state index is -1.10. The van der Waals surface area contributed by atoms with E-state index in [-0.39, 0.29) is 17.3 Å². The summed E-state index contributed by atoms with van der Waals surface area (Å²) in [6.45, 7) is 3.75. The Hall–Kier alpha value is -2.34. The zero-order chi connectivity index (χ0) is 14.9. The van der Waals surface area contributed by atoms with Crippen molar-refractivity contribution in [3.05, 3.63) is 29.5 Å². The van der Waals surface area contributed by atoms with Crippen molar-refractivity contribution in [1.82, 2.24) is 4.98 Å². The van der Waals surface area contributed by atoms with Gasteiger partial charge in [-0.2, -0.15) is 0 Å². The molecule has 5 N–H and O–H groups in total. The highest BCUT2D eigenvalue weighted by atomic mass is 16.5. The summed E-state index contributed by atoms with van der Waals surface area (Å²) in [4.78, 5) is 15.6. The zero-order valence-electron chi connectivity index (χ0n) is 11.4. The van der Waals surface area contributed by atoms with Crippen LogP contribution in [0.4, 0.5) is 5.69 Å². The van der Waals surface area contributed by atoms with Crippen molar-refractivity contribution in [1.29, 1.82) is 0 Å². The normalized spacial score (nSPS) is 12.3. The number of nitrogen functional groups attached to an aromatic ring is 1. The average Bonchev–Trinajstić information content (AvgIpc) is 2.35. The Morgan fingerprint density at radius 3 is 2.80 bits per heavy atom. The number of benzene rings is 1. The first-order valence-corrected chi connectivity index (χ1v) is 6.22. The first kappa shape index (κ1) is 14.1. The molecule has 1 aromatic heterocycles. The van der Waals surface area contributed by atoms with Crippen LogP contribution in [0.1, 0.15) is 23.0 Å². The van der Waals surface area contributed by atoms with E-state index >= 15 is 0 Å². The molecule has 20 heavy (non-hydrogen) atoms. The van der Waals surface area contributed by atoms with Gasteiger partial charge in [0.05, 0.1) is 22.3 Å². The number of aromatic nitrogens is 1. The Balaban J connectivity index is 2.66. The lowest BCUT2D eigenvalue weighted by Crippen LogP contribution is -2.23. The number of fused-ring (bicyclic) bond motifs is 1. The lowest BCUT2D eigenvalue weighted by molar-refractivity contribution is 0.0697. The van der Waals surface area contributed by atoms with Gasteiger partial charge in [0.25, 0.3) is 0 Å². The van der Waals surface area contributed by atoms with Gasteiger partial charge < -0.3 is 21.3 Å². The molecule has 0 fully saturated rings. The topological polar surface area (TPSA) is 111 Å². The van der Waals surface area contributed by atoms with Gasteiger partial charge in [-0.25, -0.2) is 4.79 Å². The van der Waals surface area contributed by atoms with E-state index in [1.54, 1.807) is 25.1 Å². The lowest BCUT2D eigenvalue weighted by Gasteiger charge is -2.14. The summed E-state index contributed by atoms with van der Waals surface area (Å²) < 4.78 is 5.60. The molecule has 0 aliphatic heterocycles. The molecule has 2 aromatic rings. The van der Waals surface area contributed by atoms with Gasteiger partial charge in [-0.05, 0) is 26.0 Å². The number of carboxylic acid groups (broad SMARTS) is 1. The van der Waals surface area contributed by atoms with Gasteiger partial charge in [0.2, 0.25) is 0 Å². The summed E-state index contributed by atoms with van der Waals surface area (Å²) in [5.74, 6) is -0.608. The highest BCUT2D eigenvalue weighted by Gasteiger charge is 2.18. The minimum Gasteiger partial charge on any atom is -0.491 e. The van der Waals surface area contributed by atoms with Crippen molar-refractivity contribution < 1.29 is 14.6 Å². The summed E-state index contributed by atoms with van der Waals surface area (Å²) in [7, 11) is 0. The minimum absolute atomic E-state index is 0.00865. The van der Waals surface area contributed by atoms with Gasteiger partial charge in [0.1, 0.15) is 17.9 Å². The molecule has 6 nitrogen and oxygen atoms in total. The highest BCUT2D eigenvalue weighted by Crippen LogP contribution is 2.33. The van der Waals surface area contributed by atoms with Crippen LogP contribution in [0.5, 0.6) is 5.75 Å². The predicted molar refractivity (Wildman–Crippen MR) is 77.0 cm³/mol. The number of hydrogen-bond acceptors (Lipinski definition) is 5. The monoisotopic (exact) mass is 275 g/mol. The predicted octanol–water partition coefficient (Wildman–Crippen LogP) is 1.55. The fourth-order valence-electron chi connectivity index (χ4n) is 2.05. The van der Waals surface area contributed by atoms with E-state index in [2.05, 4.69) is 4.98 Å². The fraction of sp³-hybridized carbons (Fsp3) is 0.286. The third kappa shape index (κ3) is 2.50. The molecule has 0 radical (unpaired) electrons. The number of ether oxygens (including phenoxy) is 1. The van der Waals surface area contributed by atoms with Crippen molar-refractivity contribution in [3.63, 3.8) is 0 Å². The summed E-state index contributed by atoms with van der Waals surface area (Å²) in [6, 6.07) is 5.14. The molecule has 0 spiro atoms. The Bertz CT molecular complexity index is 668. The number of carbonyl (C=O) groups is 1. The molecule has 2 rings (SSSR count). The van der Waals surface area contributed by atoms with Crippen LogP contribution in [0.3, 0.4) is 0 Å². The van der Waals surface area contributed by atoms with E-state index in [4.69, 9.17) is 16.2 Å². The SMILES string of the molecule is Cc1nc2cccc(OC[C@H](C)N)c2c(N)c1C(=O)O. The molecular formula is C14H17N3O3. The van der Waals surface area contributed by atoms with E-state index in [0.717, 1.165) is 0 Å². The largest absolute Gasteiger partial charge is 0.491 e. The van der Waals surface area contributed by atoms with Crippen molar-refractivity contribution in [2.75, 3.05) is 12.3 Å². The number of nitrogens with two attached hydrogens (primary N) is 2. The van der Waals surface area contributed by atoms with Crippen LogP contribution < -0.4 is 16.2 Å². The first-order valence-electron chi connectivity index (χ1n) is 6.22. The zero-order valence-corrected chi connectivity index (χ0v) is 11.4. The van der Waals surface area contributed by atoms with Gasteiger partial charge in [-0.15, -0.1) is 0 Å². The van der Waals surface area contributed by atoms with E-state index in [1.807, 2.05) is 6.92 Å². The van der Waals surface area contributed by atoms with Crippen LogP contribution in [0.25, 0.3) is 10.9 Å². The quantitative estimate of drug-likeness (QED) is 0.780. The van der Waals surface area contributed by atoms with E-state index in [9.17, 15) is 9.90 Å². The molecule has 6 heteroatoms. The van der Waals surface area contributed by atoms with Crippen molar-refractivity contribution >= 4 is 22.6 Å². The average molecular weight is 275 g/mol. The van der Waals surface area contributed by atoms with Crippen molar-refractivity contribution in [3.8, 4) is 5.75 Å². The number of nitrogens with zero attached hydrogens (tertiary/aromatic N) is 1. The second-order valence-electron chi connectivity index (χ2n) is 4.73. The van der Waals surface area contributed by atoms with Crippen molar-refractivity contribution in [2.24, 2.45) is 5.73 Å².